The van der Waals surface area contributed by atoms with E-state index in [1.807, 2.05) is 6.92 Å². The van der Waals surface area contributed by atoms with Crippen molar-refractivity contribution in [3.8, 4) is 0 Å². The summed E-state index contributed by atoms with van der Waals surface area (Å²) in [5.41, 5.74) is 1.03. The molecule has 0 aromatic carbocycles. The second kappa shape index (κ2) is 6.20. The largest absolute Gasteiger partial charge is 0.383 e. The Morgan fingerprint density at radius 3 is 3.17 bits per heavy atom. The van der Waals surface area contributed by atoms with Gasteiger partial charge in [-0.1, -0.05) is 0 Å². The van der Waals surface area contributed by atoms with Crippen molar-refractivity contribution in [1.29, 1.82) is 0 Å². The van der Waals surface area contributed by atoms with Crippen molar-refractivity contribution < 1.29 is 9.47 Å². The summed E-state index contributed by atoms with van der Waals surface area (Å²) >= 11 is 0. The minimum atomic E-state index is 0.290. The van der Waals surface area contributed by atoms with Crippen LogP contribution in [0.5, 0.6) is 0 Å². The zero-order valence-electron chi connectivity index (χ0n) is 11.5. The minimum absolute atomic E-state index is 0.290. The summed E-state index contributed by atoms with van der Waals surface area (Å²) in [4.78, 5) is 4.53. The van der Waals surface area contributed by atoms with E-state index < -0.39 is 0 Å². The molecule has 18 heavy (non-hydrogen) atoms. The quantitative estimate of drug-likeness (QED) is 0.840. The Bertz CT molecular complexity index is 372. The van der Waals surface area contributed by atoms with Crippen molar-refractivity contribution in [2.75, 3.05) is 38.8 Å². The maximum atomic E-state index is 5.38. The van der Waals surface area contributed by atoms with Gasteiger partial charge in [0.25, 0.3) is 0 Å². The summed E-state index contributed by atoms with van der Waals surface area (Å²) < 4.78 is 12.7. The van der Waals surface area contributed by atoms with E-state index >= 15 is 0 Å². The van der Waals surface area contributed by atoms with Gasteiger partial charge in [-0.2, -0.15) is 0 Å². The lowest BCUT2D eigenvalue weighted by atomic mass is 10.1. The van der Waals surface area contributed by atoms with Gasteiger partial charge in [-0.3, -0.25) is 0 Å². The number of aryl methyl sites for hydroxylation is 1. The summed E-state index contributed by atoms with van der Waals surface area (Å²) in [6.07, 6.45) is 3.21. The van der Waals surface area contributed by atoms with Gasteiger partial charge < -0.3 is 19.4 Å². The third-order valence-electron chi connectivity index (χ3n) is 3.31. The van der Waals surface area contributed by atoms with Gasteiger partial charge in [-0.25, -0.2) is 4.98 Å². The molecule has 1 saturated heterocycles. The van der Waals surface area contributed by atoms with Crippen molar-refractivity contribution in [3.63, 3.8) is 0 Å². The van der Waals surface area contributed by atoms with E-state index in [1.165, 1.54) is 0 Å². The molecule has 2 heterocycles. The molecule has 5 nitrogen and oxygen atoms in total. The molecule has 2 unspecified atom stereocenters. The number of nitrogens with zero attached hydrogens (tertiary/aromatic N) is 2. The van der Waals surface area contributed by atoms with Gasteiger partial charge in [0.15, 0.2) is 0 Å². The second-order valence-electron chi connectivity index (χ2n) is 5.03. The summed E-state index contributed by atoms with van der Waals surface area (Å²) in [6.45, 7) is 7.52. The fourth-order valence-electron chi connectivity index (χ4n) is 2.28. The Labute approximate surface area is 108 Å². The Hall–Kier alpha value is -1.07. The molecule has 5 heteroatoms. The van der Waals surface area contributed by atoms with Crippen LogP contribution in [0, 0.1) is 12.8 Å². The molecule has 0 bridgehead atoms. The van der Waals surface area contributed by atoms with Gasteiger partial charge in [-0.15, -0.1) is 0 Å². The van der Waals surface area contributed by atoms with Crippen molar-refractivity contribution in [2.45, 2.75) is 26.3 Å². The first-order valence-electron chi connectivity index (χ1n) is 6.56. The number of rotatable bonds is 6. The van der Waals surface area contributed by atoms with Crippen LogP contribution in [0.2, 0.25) is 0 Å². The molecule has 1 aromatic heterocycles. The topological polar surface area (TPSA) is 48.3 Å². The van der Waals surface area contributed by atoms with E-state index in [4.69, 9.17) is 9.47 Å². The molecule has 1 aliphatic rings. The van der Waals surface area contributed by atoms with Crippen LogP contribution < -0.4 is 5.32 Å². The smallest absolute Gasteiger partial charge is 0.203 e. The predicted octanol–water partition coefficient (Wildman–Crippen LogP) is 1.85. The number of methoxy groups -OCH3 is 1. The zero-order chi connectivity index (χ0) is 13.0. The fourth-order valence-corrected chi connectivity index (χ4v) is 2.28. The number of hydrogen-bond acceptors (Lipinski definition) is 4. The summed E-state index contributed by atoms with van der Waals surface area (Å²) in [7, 11) is 1.73. The third kappa shape index (κ3) is 3.23. The Balaban J connectivity index is 1.97. The average Bonchev–Trinajstić information content (AvgIpc) is 2.95. The summed E-state index contributed by atoms with van der Waals surface area (Å²) in [5.74, 6) is 1.54. The molecule has 0 spiro atoms. The van der Waals surface area contributed by atoms with Crippen LogP contribution in [-0.2, 0) is 9.47 Å². The zero-order valence-corrected chi connectivity index (χ0v) is 11.5. The molecule has 0 radical (unpaired) electrons. The minimum Gasteiger partial charge on any atom is -0.383 e. The van der Waals surface area contributed by atoms with Crippen LogP contribution in [0.1, 0.15) is 25.1 Å². The Morgan fingerprint density at radius 2 is 2.50 bits per heavy atom. The Morgan fingerprint density at radius 1 is 1.67 bits per heavy atom. The highest BCUT2D eigenvalue weighted by Crippen LogP contribution is 2.18. The number of nitrogens with one attached hydrogen (secondary N) is 1. The lowest BCUT2D eigenvalue weighted by Crippen LogP contribution is -2.19. The van der Waals surface area contributed by atoms with Gasteiger partial charge in [0.05, 0.1) is 24.9 Å². The molecule has 0 aliphatic carbocycles. The van der Waals surface area contributed by atoms with E-state index in [0.717, 1.165) is 37.8 Å². The molecule has 1 aliphatic heterocycles. The first-order chi connectivity index (χ1) is 8.70. The predicted molar refractivity (Wildman–Crippen MR) is 71.0 cm³/mol. The first-order valence-corrected chi connectivity index (χ1v) is 6.56. The average molecular weight is 253 g/mol. The molecule has 2 atom stereocenters. The van der Waals surface area contributed by atoms with Crippen LogP contribution in [-0.4, -0.2) is 43.0 Å². The number of anilines is 1. The monoisotopic (exact) mass is 253 g/mol. The number of aromatic nitrogens is 2. The third-order valence-corrected chi connectivity index (χ3v) is 3.31. The second-order valence-corrected chi connectivity index (χ2v) is 5.03. The van der Waals surface area contributed by atoms with Gasteiger partial charge in [-0.05, 0) is 20.3 Å². The molecule has 1 fully saturated rings. The normalized spacial score (nSPS) is 21.2. The molecule has 0 saturated carbocycles. The van der Waals surface area contributed by atoms with Crippen LogP contribution in [0.15, 0.2) is 6.20 Å². The SMILES string of the molecule is COCC(C)n1cc(C)nc1NCC1CCOC1. The molecule has 1 N–H and O–H groups in total. The number of imidazole rings is 1. The van der Waals surface area contributed by atoms with E-state index in [2.05, 4.69) is 28.0 Å². The fraction of sp³-hybridized carbons (Fsp3) is 0.769. The maximum absolute atomic E-state index is 5.38. The molecule has 2 rings (SSSR count). The highest BCUT2D eigenvalue weighted by atomic mass is 16.5. The first kappa shape index (κ1) is 13.4. The van der Waals surface area contributed by atoms with Crippen LogP contribution in [0.3, 0.4) is 0 Å². The van der Waals surface area contributed by atoms with Crippen molar-refractivity contribution in [1.82, 2.24) is 9.55 Å². The highest BCUT2D eigenvalue weighted by molar-refractivity contribution is 5.29. The van der Waals surface area contributed by atoms with Crippen LogP contribution in [0.25, 0.3) is 0 Å². The summed E-state index contributed by atoms with van der Waals surface area (Å²) in [6, 6.07) is 0.290. The van der Waals surface area contributed by atoms with Crippen molar-refractivity contribution >= 4 is 5.95 Å². The lowest BCUT2D eigenvalue weighted by Gasteiger charge is -2.17. The van der Waals surface area contributed by atoms with Crippen LogP contribution in [0.4, 0.5) is 5.95 Å². The van der Waals surface area contributed by atoms with Gasteiger partial charge in [0.1, 0.15) is 0 Å². The van der Waals surface area contributed by atoms with E-state index in [0.29, 0.717) is 18.6 Å². The van der Waals surface area contributed by atoms with E-state index in [1.54, 1.807) is 7.11 Å². The summed E-state index contributed by atoms with van der Waals surface area (Å²) in [5, 5.41) is 3.43. The molecule has 1 aromatic rings. The van der Waals surface area contributed by atoms with Crippen molar-refractivity contribution in [2.24, 2.45) is 5.92 Å². The number of hydrogen-bond donors (Lipinski definition) is 1. The highest BCUT2D eigenvalue weighted by Gasteiger charge is 2.17. The maximum Gasteiger partial charge on any atom is 0.203 e. The molecule has 0 amide bonds. The van der Waals surface area contributed by atoms with Gasteiger partial charge in [0, 0.05) is 32.4 Å². The molecule has 102 valence electrons. The van der Waals surface area contributed by atoms with Gasteiger partial charge in [0.2, 0.25) is 5.95 Å². The number of ether oxygens (including phenoxy) is 2. The van der Waals surface area contributed by atoms with Crippen LogP contribution >= 0.6 is 0 Å². The molecular weight excluding hydrogens is 230 g/mol. The van der Waals surface area contributed by atoms with Crippen molar-refractivity contribution in [3.05, 3.63) is 11.9 Å². The molecular formula is C13H23N3O2. The van der Waals surface area contributed by atoms with E-state index in [9.17, 15) is 0 Å². The standard InChI is InChI=1S/C13H23N3O2/c1-10-7-16(11(2)8-17-3)13(15-10)14-6-12-4-5-18-9-12/h7,11-12H,4-6,8-9H2,1-3H3,(H,14,15). The Kier molecular flexibility index (Phi) is 4.60. The lowest BCUT2D eigenvalue weighted by molar-refractivity contribution is 0.163. The van der Waals surface area contributed by atoms with E-state index in [-0.39, 0.29) is 0 Å². The van der Waals surface area contributed by atoms with Gasteiger partial charge >= 0.3 is 0 Å².